The number of nitrogens with two attached hydrogens (primary N) is 1. The Morgan fingerprint density at radius 2 is 1.56 bits per heavy atom. The molecule has 0 saturated carbocycles. The van der Waals surface area contributed by atoms with Crippen LogP contribution >= 0.6 is 0 Å². The zero-order valence-corrected chi connectivity index (χ0v) is 14.4. The number of aryl methyl sites for hydroxylation is 1. The Kier molecular flexibility index (Phi) is 16.6. The van der Waals surface area contributed by atoms with Gasteiger partial charge in [-0.3, -0.25) is 9.11 Å². The van der Waals surface area contributed by atoms with Gasteiger partial charge in [-0.1, -0.05) is 18.2 Å². The summed E-state index contributed by atoms with van der Waals surface area (Å²) >= 11 is -2.86. The van der Waals surface area contributed by atoms with Crippen LogP contribution in [-0.2, 0) is 21.8 Å². The van der Waals surface area contributed by atoms with Crippen molar-refractivity contribution in [2.24, 2.45) is 0 Å². The van der Waals surface area contributed by atoms with E-state index in [0.717, 1.165) is 11.3 Å². The zero-order valence-electron chi connectivity index (χ0n) is 9.68. The van der Waals surface area contributed by atoms with E-state index in [2.05, 4.69) is 0 Å². The molecule has 1 rings (SSSR count). The normalized spacial score (nSPS) is 10.7. The van der Waals surface area contributed by atoms with Crippen molar-refractivity contribution in [2.45, 2.75) is 6.92 Å². The fourth-order valence-electron chi connectivity index (χ4n) is 0.587. The summed E-state index contributed by atoms with van der Waals surface area (Å²) in [7, 11) is -4.67. The third-order valence-corrected chi connectivity index (χ3v) is 1.19. The van der Waals surface area contributed by atoms with E-state index in [0.29, 0.717) is 0 Å². The molecule has 0 aliphatic carbocycles. The van der Waals surface area contributed by atoms with E-state index in [1.165, 1.54) is 0 Å². The Hall–Kier alpha value is 0.596. The number of nitrogen functional groups attached to an aromatic ring is 1. The van der Waals surface area contributed by atoms with Crippen LogP contribution in [0.3, 0.4) is 0 Å². The molecule has 0 radical (unpaired) electrons. The van der Waals surface area contributed by atoms with Crippen molar-refractivity contribution in [1.29, 1.82) is 0 Å². The molecule has 1 atom stereocenters. The van der Waals surface area contributed by atoms with Gasteiger partial charge in [0.05, 0.1) is 11.4 Å². The number of para-hydroxylation sites is 1. The van der Waals surface area contributed by atoms with Crippen LogP contribution in [0.1, 0.15) is 5.56 Å². The molecule has 100 valence electrons. The van der Waals surface area contributed by atoms with E-state index in [9.17, 15) is 0 Å². The van der Waals surface area contributed by atoms with E-state index < -0.39 is 21.8 Å². The van der Waals surface area contributed by atoms with Gasteiger partial charge in [0, 0.05) is 5.69 Å². The molecule has 11 heteroatoms. The van der Waals surface area contributed by atoms with Crippen molar-refractivity contribution in [2.75, 3.05) is 5.73 Å². The summed E-state index contributed by atoms with van der Waals surface area (Å²) in [5.74, 6) is 0. The van der Waals surface area contributed by atoms with Gasteiger partial charge in [-0.2, -0.15) is 8.42 Å². The number of hydrogen-bond donors (Lipinski definition) is 4. The average Bonchev–Trinajstić information content (AvgIpc) is 2.06. The van der Waals surface area contributed by atoms with Gasteiger partial charge in [0.1, 0.15) is 0 Å². The Bertz CT molecular complexity index is 418. The number of rotatable bonds is 0. The van der Waals surface area contributed by atoms with Crippen LogP contribution in [0.4, 0.5) is 5.69 Å². The second-order valence-corrected chi connectivity index (χ2v) is 3.85. The van der Waals surface area contributed by atoms with Crippen LogP contribution in [0.2, 0.25) is 0 Å². The largest absolute Gasteiger partial charge is 1.00 e. The van der Waals surface area contributed by atoms with Crippen molar-refractivity contribution in [3.63, 3.8) is 0 Å². The molecule has 5 N–H and O–H groups in total. The van der Waals surface area contributed by atoms with Gasteiger partial charge < -0.3 is 14.8 Å². The predicted octanol–water partition coefficient (Wildman–Crippen LogP) is -2.73. The van der Waals surface area contributed by atoms with E-state index in [1.807, 2.05) is 31.2 Å². The molecule has 0 spiro atoms. The smallest absolute Gasteiger partial charge is 0.750 e. The van der Waals surface area contributed by atoms with E-state index in [1.54, 1.807) is 0 Å². The maximum Gasteiger partial charge on any atom is 1.00 e. The minimum atomic E-state index is -4.67. The first-order valence-electron chi connectivity index (χ1n) is 3.83. The van der Waals surface area contributed by atoms with Gasteiger partial charge in [0.15, 0.2) is 0 Å². The standard InChI is InChI=1S/C7H9N.K.H2O4S.H2O3S/c1-6-4-2-3-5-7(6)8;;1-5(2,3)4;1-4(2)3/h2-5H,8H2,1H3;;(H2,1,2,3,4);(H2,1,2,3)/q;+1;;/p-1. The molecule has 0 saturated heterocycles. The Balaban J connectivity index is -0.000000198. The molecule has 1 aromatic carbocycles. The minimum Gasteiger partial charge on any atom is -0.750 e. The monoisotopic (exact) mass is 325 g/mol. The van der Waals surface area contributed by atoms with Crippen LogP contribution in [0.15, 0.2) is 24.3 Å². The Labute approximate surface area is 150 Å². The van der Waals surface area contributed by atoms with Crippen molar-refractivity contribution in [1.82, 2.24) is 0 Å². The van der Waals surface area contributed by atoms with Crippen LogP contribution < -0.4 is 57.1 Å². The summed E-state index contributed by atoms with van der Waals surface area (Å²) in [4.78, 5) is 0. The quantitative estimate of drug-likeness (QED) is 0.173. The summed E-state index contributed by atoms with van der Waals surface area (Å²) < 4.78 is 55.7. The third-order valence-electron chi connectivity index (χ3n) is 1.19. The molecule has 0 fully saturated rings. The number of anilines is 1. The molecule has 0 bridgehead atoms. The molecule has 1 unspecified atom stereocenters. The summed E-state index contributed by atoms with van der Waals surface area (Å²) in [5, 5.41) is 0. The van der Waals surface area contributed by atoms with Crippen molar-refractivity contribution < 1.29 is 82.2 Å². The molecular weight excluding hydrogens is 313 g/mol. The van der Waals surface area contributed by atoms with Gasteiger partial charge in [-0.15, -0.1) is 0 Å². The summed E-state index contributed by atoms with van der Waals surface area (Å²) in [6, 6.07) is 7.80. The van der Waals surface area contributed by atoms with E-state index >= 15 is 0 Å². The van der Waals surface area contributed by atoms with Crippen LogP contribution in [-0.4, -0.2) is 30.8 Å². The van der Waals surface area contributed by atoms with Crippen LogP contribution in [0.5, 0.6) is 0 Å². The van der Waals surface area contributed by atoms with Gasteiger partial charge >= 0.3 is 61.8 Å². The number of benzene rings is 1. The fraction of sp³-hybridized carbons (Fsp3) is 0.143. The molecular formula is C7H12KNO7S2. The first-order chi connectivity index (χ1) is 7.54. The number of hydrogen-bond acceptors (Lipinski definition) is 5. The minimum absolute atomic E-state index is 0. The van der Waals surface area contributed by atoms with E-state index in [4.69, 9.17) is 36.6 Å². The molecule has 0 aliphatic heterocycles. The van der Waals surface area contributed by atoms with Gasteiger partial charge in [0.2, 0.25) is 0 Å². The topological polar surface area (TPSA) is 161 Å². The predicted molar refractivity (Wildman–Crippen MR) is 61.3 cm³/mol. The first-order valence-corrected chi connectivity index (χ1v) is 6.26. The van der Waals surface area contributed by atoms with Crippen molar-refractivity contribution >= 4 is 27.4 Å². The zero-order chi connectivity index (χ0) is 14.1. The van der Waals surface area contributed by atoms with Gasteiger partial charge in [-0.05, 0) is 18.6 Å². The molecule has 1 aromatic rings. The Morgan fingerprint density at radius 1 is 1.28 bits per heavy atom. The fourth-order valence-corrected chi connectivity index (χ4v) is 0.587. The summed E-state index contributed by atoms with van der Waals surface area (Å²) in [6.07, 6.45) is 0. The van der Waals surface area contributed by atoms with Crippen molar-refractivity contribution in [3.05, 3.63) is 29.8 Å². The molecule has 18 heavy (non-hydrogen) atoms. The first kappa shape index (κ1) is 23.7. The maximum atomic E-state index is 8.74. The van der Waals surface area contributed by atoms with E-state index in [-0.39, 0.29) is 51.4 Å². The molecule has 0 aromatic heterocycles. The molecule has 0 heterocycles. The Morgan fingerprint density at radius 3 is 1.72 bits per heavy atom. The maximum absolute atomic E-state index is 8.74. The second kappa shape index (κ2) is 12.6. The van der Waals surface area contributed by atoms with Gasteiger partial charge in [-0.25, -0.2) is 4.21 Å². The summed E-state index contributed by atoms with van der Waals surface area (Å²) in [5.41, 5.74) is 7.53. The average molecular weight is 325 g/mol. The SMILES string of the molecule is Cc1ccccc1N.O=S(=O)(O)O.O=S([O-])O.[K+]. The van der Waals surface area contributed by atoms with Gasteiger partial charge in [0.25, 0.3) is 0 Å². The van der Waals surface area contributed by atoms with Crippen molar-refractivity contribution in [3.8, 4) is 0 Å². The molecule has 8 nitrogen and oxygen atoms in total. The summed E-state index contributed by atoms with van der Waals surface area (Å²) in [6.45, 7) is 2.00. The molecule has 0 amide bonds. The molecule has 0 aliphatic rings. The second-order valence-electron chi connectivity index (χ2n) is 2.52. The third kappa shape index (κ3) is 30.0. The van der Waals surface area contributed by atoms with Crippen LogP contribution in [0.25, 0.3) is 0 Å². The van der Waals surface area contributed by atoms with Crippen LogP contribution in [0, 0.1) is 6.92 Å².